The van der Waals surface area contributed by atoms with Gasteiger partial charge in [0.15, 0.2) is 0 Å². The van der Waals surface area contributed by atoms with Gasteiger partial charge in [-0.2, -0.15) is 0 Å². The summed E-state index contributed by atoms with van der Waals surface area (Å²) in [6.07, 6.45) is 0. The molecule has 100 valence electrons. The Hall–Kier alpha value is -1.64. The minimum Gasteiger partial charge on any atom is -0.326 e. The summed E-state index contributed by atoms with van der Waals surface area (Å²) in [5.74, 6) is 0. The maximum Gasteiger partial charge on any atom is 0.0576 e. The van der Waals surface area contributed by atoms with Gasteiger partial charge in [-0.15, -0.1) is 0 Å². The fraction of sp³-hybridized carbons (Fsp3) is 0.294. The smallest absolute Gasteiger partial charge is 0.0576 e. The summed E-state index contributed by atoms with van der Waals surface area (Å²) in [6.45, 7) is 4.89. The minimum absolute atomic E-state index is 0.229. The molecular formula is C17H22N2. The third kappa shape index (κ3) is 3.03. The van der Waals surface area contributed by atoms with E-state index in [1.807, 2.05) is 7.05 Å². The predicted octanol–water partition coefficient (Wildman–Crippen LogP) is 3.07. The average molecular weight is 254 g/mol. The van der Waals surface area contributed by atoms with Gasteiger partial charge in [0, 0.05) is 6.54 Å². The molecule has 2 heteroatoms. The number of hydrogen-bond donors (Lipinski definition) is 2. The van der Waals surface area contributed by atoms with E-state index >= 15 is 0 Å². The fourth-order valence-corrected chi connectivity index (χ4v) is 2.50. The molecular weight excluding hydrogens is 232 g/mol. The summed E-state index contributed by atoms with van der Waals surface area (Å²) in [6, 6.07) is 15.3. The van der Waals surface area contributed by atoms with Crippen LogP contribution in [-0.2, 0) is 6.54 Å². The van der Waals surface area contributed by atoms with Crippen LogP contribution in [0.1, 0.15) is 33.9 Å². The standard InChI is InChI=1S/C17H22N2/c1-12-4-9-16(13(2)10-12)17(19-3)15-7-5-14(11-18)6-8-15/h4-10,17,19H,11,18H2,1-3H3. The zero-order valence-corrected chi connectivity index (χ0v) is 11.9. The van der Waals surface area contributed by atoms with Crippen molar-refractivity contribution in [3.05, 3.63) is 70.3 Å². The van der Waals surface area contributed by atoms with Gasteiger partial charge >= 0.3 is 0 Å². The molecule has 2 aromatic carbocycles. The van der Waals surface area contributed by atoms with E-state index in [9.17, 15) is 0 Å². The van der Waals surface area contributed by atoms with Gasteiger partial charge in [-0.3, -0.25) is 0 Å². The topological polar surface area (TPSA) is 38.0 Å². The van der Waals surface area contributed by atoms with E-state index in [2.05, 4.69) is 61.6 Å². The molecule has 2 nitrogen and oxygen atoms in total. The molecule has 0 aliphatic heterocycles. The second-order valence-electron chi connectivity index (χ2n) is 5.03. The zero-order chi connectivity index (χ0) is 13.8. The van der Waals surface area contributed by atoms with Gasteiger partial charge in [0.2, 0.25) is 0 Å². The molecule has 0 bridgehead atoms. The molecule has 1 atom stereocenters. The van der Waals surface area contributed by atoms with Crippen molar-refractivity contribution in [2.45, 2.75) is 26.4 Å². The first-order chi connectivity index (χ1) is 9.15. The van der Waals surface area contributed by atoms with Crippen molar-refractivity contribution in [2.24, 2.45) is 5.73 Å². The Morgan fingerprint density at radius 3 is 2.26 bits per heavy atom. The maximum absolute atomic E-state index is 5.64. The van der Waals surface area contributed by atoms with E-state index in [1.165, 1.54) is 27.8 Å². The van der Waals surface area contributed by atoms with Gasteiger partial charge in [0.05, 0.1) is 6.04 Å². The Bertz CT molecular complexity index is 544. The van der Waals surface area contributed by atoms with Crippen molar-refractivity contribution >= 4 is 0 Å². The molecule has 1 unspecified atom stereocenters. The van der Waals surface area contributed by atoms with Crippen LogP contribution < -0.4 is 11.1 Å². The Balaban J connectivity index is 2.37. The Morgan fingerprint density at radius 2 is 1.74 bits per heavy atom. The van der Waals surface area contributed by atoms with Gasteiger partial charge in [0.25, 0.3) is 0 Å². The Kier molecular flexibility index (Phi) is 4.35. The lowest BCUT2D eigenvalue weighted by molar-refractivity contribution is 0.687. The van der Waals surface area contributed by atoms with Crippen LogP contribution in [0.3, 0.4) is 0 Å². The highest BCUT2D eigenvalue weighted by Gasteiger charge is 2.13. The molecule has 0 spiro atoms. The van der Waals surface area contributed by atoms with E-state index in [0.29, 0.717) is 6.54 Å². The lowest BCUT2D eigenvalue weighted by Gasteiger charge is -2.20. The Morgan fingerprint density at radius 1 is 1.05 bits per heavy atom. The van der Waals surface area contributed by atoms with Crippen molar-refractivity contribution in [3.63, 3.8) is 0 Å². The predicted molar refractivity (Wildman–Crippen MR) is 81.2 cm³/mol. The van der Waals surface area contributed by atoms with Crippen LogP contribution >= 0.6 is 0 Å². The molecule has 19 heavy (non-hydrogen) atoms. The molecule has 3 N–H and O–H groups in total. The molecule has 0 amide bonds. The van der Waals surface area contributed by atoms with Gasteiger partial charge < -0.3 is 11.1 Å². The lowest BCUT2D eigenvalue weighted by atomic mass is 9.93. The molecule has 0 aromatic heterocycles. The van der Waals surface area contributed by atoms with Gasteiger partial charge in [-0.25, -0.2) is 0 Å². The molecule has 2 rings (SSSR count). The summed E-state index contributed by atoms with van der Waals surface area (Å²) in [5.41, 5.74) is 12.0. The van der Waals surface area contributed by atoms with Crippen LogP contribution in [0, 0.1) is 13.8 Å². The van der Waals surface area contributed by atoms with E-state index < -0.39 is 0 Å². The van der Waals surface area contributed by atoms with Crippen molar-refractivity contribution in [2.75, 3.05) is 7.05 Å². The summed E-state index contributed by atoms with van der Waals surface area (Å²) in [5, 5.41) is 3.40. The summed E-state index contributed by atoms with van der Waals surface area (Å²) < 4.78 is 0. The molecule has 0 fully saturated rings. The van der Waals surface area contributed by atoms with Gasteiger partial charge in [0.1, 0.15) is 0 Å². The van der Waals surface area contributed by atoms with E-state index in [-0.39, 0.29) is 6.04 Å². The van der Waals surface area contributed by atoms with Crippen molar-refractivity contribution in [1.29, 1.82) is 0 Å². The first kappa shape index (κ1) is 13.8. The lowest BCUT2D eigenvalue weighted by Crippen LogP contribution is -2.18. The highest BCUT2D eigenvalue weighted by atomic mass is 14.9. The number of hydrogen-bond acceptors (Lipinski definition) is 2. The van der Waals surface area contributed by atoms with Crippen molar-refractivity contribution in [1.82, 2.24) is 5.32 Å². The fourth-order valence-electron chi connectivity index (χ4n) is 2.50. The SMILES string of the molecule is CNC(c1ccc(CN)cc1)c1ccc(C)cc1C. The molecule has 0 aliphatic carbocycles. The van der Waals surface area contributed by atoms with Crippen molar-refractivity contribution < 1.29 is 0 Å². The van der Waals surface area contributed by atoms with Crippen LogP contribution in [0.4, 0.5) is 0 Å². The molecule has 0 saturated carbocycles. The number of nitrogens with one attached hydrogen (secondary N) is 1. The van der Waals surface area contributed by atoms with Crippen LogP contribution in [0.15, 0.2) is 42.5 Å². The van der Waals surface area contributed by atoms with E-state index in [1.54, 1.807) is 0 Å². The second-order valence-corrected chi connectivity index (χ2v) is 5.03. The summed E-state index contributed by atoms with van der Waals surface area (Å²) >= 11 is 0. The first-order valence-corrected chi connectivity index (χ1v) is 6.69. The molecule has 0 saturated heterocycles. The van der Waals surface area contributed by atoms with Crippen molar-refractivity contribution in [3.8, 4) is 0 Å². The quantitative estimate of drug-likeness (QED) is 0.880. The molecule has 2 aromatic rings. The Labute approximate surface area is 115 Å². The minimum atomic E-state index is 0.229. The highest BCUT2D eigenvalue weighted by molar-refractivity contribution is 5.39. The van der Waals surface area contributed by atoms with Crippen LogP contribution in [0.25, 0.3) is 0 Å². The largest absolute Gasteiger partial charge is 0.326 e. The number of nitrogens with two attached hydrogens (primary N) is 1. The number of aryl methyl sites for hydroxylation is 2. The summed E-state index contributed by atoms with van der Waals surface area (Å²) in [7, 11) is 2.00. The number of benzene rings is 2. The highest BCUT2D eigenvalue weighted by Crippen LogP contribution is 2.25. The molecule has 0 heterocycles. The second kappa shape index (κ2) is 6.00. The van der Waals surface area contributed by atoms with Gasteiger partial charge in [-0.05, 0) is 43.1 Å². The molecule has 0 aliphatic rings. The molecule has 0 radical (unpaired) electrons. The number of rotatable bonds is 4. The van der Waals surface area contributed by atoms with E-state index in [0.717, 1.165) is 0 Å². The van der Waals surface area contributed by atoms with Crippen LogP contribution in [-0.4, -0.2) is 7.05 Å². The van der Waals surface area contributed by atoms with Crippen LogP contribution in [0.2, 0.25) is 0 Å². The third-order valence-corrected chi connectivity index (χ3v) is 3.57. The zero-order valence-electron chi connectivity index (χ0n) is 11.9. The maximum atomic E-state index is 5.64. The van der Waals surface area contributed by atoms with E-state index in [4.69, 9.17) is 5.73 Å². The average Bonchev–Trinajstić information content (AvgIpc) is 2.42. The summed E-state index contributed by atoms with van der Waals surface area (Å²) in [4.78, 5) is 0. The van der Waals surface area contributed by atoms with Gasteiger partial charge in [-0.1, -0.05) is 48.0 Å². The third-order valence-electron chi connectivity index (χ3n) is 3.57. The monoisotopic (exact) mass is 254 g/mol. The normalized spacial score (nSPS) is 12.4. The first-order valence-electron chi connectivity index (χ1n) is 6.69. The van der Waals surface area contributed by atoms with Crippen LogP contribution in [0.5, 0.6) is 0 Å².